The van der Waals surface area contributed by atoms with E-state index in [0.29, 0.717) is 61.1 Å². The Morgan fingerprint density at radius 2 is 2.16 bits per heavy atom. The number of phenolic OH excluding ortho intramolecular Hbond substituents is 1. The van der Waals surface area contributed by atoms with Crippen LogP contribution >= 0.6 is 11.6 Å². The van der Waals surface area contributed by atoms with Crippen molar-refractivity contribution in [2.75, 3.05) is 44.9 Å². The van der Waals surface area contributed by atoms with Crippen LogP contribution in [0.4, 0.5) is 10.2 Å². The molecule has 1 saturated carbocycles. The highest BCUT2D eigenvalue weighted by Crippen LogP contribution is 2.49. The zero-order chi connectivity index (χ0) is 26.6. The molecule has 3 aliphatic rings. The third kappa shape index (κ3) is 4.03. The number of carbonyl (C=O) groups excluding carboxylic acids is 1. The molecule has 11 heteroatoms. The Labute approximate surface area is 223 Å². The minimum absolute atomic E-state index is 0.0150. The number of phenols is 1. The molecular formula is C27H27ClFN5O4. The van der Waals surface area contributed by atoms with Crippen LogP contribution in [-0.4, -0.2) is 76.4 Å². The summed E-state index contributed by atoms with van der Waals surface area (Å²) in [6.45, 7) is 5.92. The minimum atomic E-state index is -0.646. The summed E-state index contributed by atoms with van der Waals surface area (Å²) in [7, 11) is 1.43. The van der Waals surface area contributed by atoms with Gasteiger partial charge in [-0.3, -0.25) is 9.78 Å². The molecule has 0 bridgehead atoms. The van der Waals surface area contributed by atoms with Crippen LogP contribution < -0.4 is 9.64 Å². The van der Waals surface area contributed by atoms with Crippen LogP contribution in [0.1, 0.15) is 30.7 Å². The largest absolute Gasteiger partial charge is 0.508 e. The summed E-state index contributed by atoms with van der Waals surface area (Å²) in [5.41, 5.74) is 0.805. The SMILES string of the molecule is C=CC(=O)N1CCN(c2nc(OC)nc3c(F)c(-c4cc(O)cc(Cl)c4C4CC4)ncc23)CC12CCOC2. The molecule has 6 rings (SSSR count). The summed E-state index contributed by atoms with van der Waals surface area (Å²) in [5.74, 6) is -0.183. The molecule has 3 aromatic rings. The van der Waals surface area contributed by atoms with Gasteiger partial charge in [0.2, 0.25) is 5.91 Å². The van der Waals surface area contributed by atoms with E-state index < -0.39 is 11.4 Å². The predicted molar refractivity (Wildman–Crippen MR) is 140 cm³/mol. The third-order valence-electron chi connectivity index (χ3n) is 7.66. The van der Waals surface area contributed by atoms with Gasteiger partial charge in [0, 0.05) is 43.0 Å². The number of halogens is 2. The average molecular weight is 540 g/mol. The number of hydrogen-bond donors (Lipinski definition) is 1. The molecular weight excluding hydrogens is 513 g/mol. The van der Waals surface area contributed by atoms with Gasteiger partial charge in [-0.05, 0) is 49.0 Å². The number of aromatic nitrogens is 3. The fourth-order valence-electron chi connectivity index (χ4n) is 5.67. The number of pyridine rings is 1. The molecule has 0 radical (unpaired) electrons. The first-order valence-corrected chi connectivity index (χ1v) is 12.9. The molecule has 1 amide bonds. The quantitative estimate of drug-likeness (QED) is 0.484. The molecule has 2 saturated heterocycles. The lowest BCUT2D eigenvalue weighted by atomic mass is 9.92. The first-order valence-electron chi connectivity index (χ1n) is 12.5. The Morgan fingerprint density at radius 3 is 2.84 bits per heavy atom. The number of ether oxygens (including phenoxy) is 2. The Balaban J connectivity index is 1.47. The van der Waals surface area contributed by atoms with Crippen molar-refractivity contribution in [3.63, 3.8) is 0 Å². The highest BCUT2D eigenvalue weighted by Gasteiger charge is 2.47. The fraction of sp³-hybridized carbons (Fsp3) is 0.407. The zero-order valence-electron chi connectivity index (χ0n) is 20.9. The van der Waals surface area contributed by atoms with Crippen LogP contribution in [0.5, 0.6) is 11.8 Å². The smallest absolute Gasteiger partial charge is 0.318 e. The van der Waals surface area contributed by atoms with Crippen LogP contribution in [0.3, 0.4) is 0 Å². The van der Waals surface area contributed by atoms with E-state index in [0.717, 1.165) is 18.4 Å². The Kier molecular flexibility index (Phi) is 6.11. The van der Waals surface area contributed by atoms with Gasteiger partial charge in [-0.15, -0.1) is 0 Å². The highest BCUT2D eigenvalue weighted by atomic mass is 35.5. The van der Waals surface area contributed by atoms with Crippen LogP contribution in [0, 0.1) is 5.82 Å². The molecule has 1 atom stereocenters. The zero-order valence-corrected chi connectivity index (χ0v) is 21.7. The first kappa shape index (κ1) is 24.8. The van der Waals surface area contributed by atoms with Gasteiger partial charge < -0.3 is 24.4 Å². The van der Waals surface area contributed by atoms with Gasteiger partial charge >= 0.3 is 6.01 Å². The summed E-state index contributed by atoms with van der Waals surface area (Å²) >= 11 is 6.46. The first-order chi connectivity index (χ1) is 18.3. The number of aromatic hydroxyl groups is 1. The van der Waals surface area contributed by atoms with Crippen molar-refractivity contribution in [2.45, 2.75) is 30.7 Å². The number of piperazine rings is 1. The number of rotatable bonds is 5. The molecule has 9 nitrogen and oxygen atoms in total. The third-order valence-corrected chi connectivity index (χ3v) is 7.97. The van der Waals surface area contributed by atoms with Crippen molar-refractivity contribution in [3.8, 4) is 23.0 Å². The standard InChI is InChI=1S/C27H27ClFN5O4/c1-3-20(36)34-8-7-33(13-27(34)6-9-38-14-27)25-18-12-30-23(22(29)24(18)31-26(32-25)37-2)17-10-16(35)11-19(28)21(17)15-4-5-15/h3,10-12,15,35H,1,4-9,13-14H2,2H3. The maximum absolute atomic E-state index is 16.2. The van der Waals surface area contributed by atoms with E-state index in [1.165, 1.54) is 25.3 Å². The van der Waals surface area contributed by atoms with E-state index in [1.54, 1.807) is 6.20 Å². The van der Waals surface area contributed by atoms with Gasteiger partial charge in [-0.2, -0.15) is 9.97 Å². The number of benzene rings is 1. The van der Waals surface area contributed by atoms with Crippen molar-refractivity contribution in [1.29, 1.82) is 0 Å². The number of nitrogens with zero attached hydrogens (tertiary/aromatic N) is 5. The van der Waals surface area contributed by atoms with Gasteiger partial charge in [0.15, 0.2) is 5.82 Å². The van der Waals surface area contributed by atoms with E-state index in [2.05, 4.69) is 21.5 Å². The van der Waals surface area contributed by atoms with Crippen molar-refractivity contribution < 1.29 is 23.8 Å². The highest BCUT2D eigenvalue weighted by molar-refractivity contribution is 6.32. The van der Waals surface area contributed by atoms with Gasteiger partial charge in [0.05, 0.1) is 24.6 Å². The fourth-order valence-corrected chi connectivity index (χ4v) is 6.04. The molecule has 3 fully saturated rings. The second kappa shape index (κ2) is 9.36. The number of amides is 1. The second-order valence-electron chi connectivity index (χ2n) is 10.0. The summed E-state index contributed by atoms with van der Waals surface area (Å²) < 4.78 is 27.3. The molecule has 1 N–H and O–H groups in total. The molecule has 1 aliphatic carbocycles. The van der Waals surface area contributed by atoms with E-state index in [9.17, 15) is 9.90 Å². The van der Waals surface area contributed by atoms with E-state index >= 15 is 4.39 Å². The number of methoxy groups -OCH3 is 1. The normalized spacial score (nSPS) is 21.3. The minimum Gasteiger partial charge on any atom is -0.508 e. The summed E-state index contributed by atoms with van der Waals surface area (Å²) in [4.78, 5) is 29.9. The monoisotopic (exact) mass is 539 g/mol. The molecule has 4 heterocycles. The number of carbonyl (C=O) groups is 1. The Hall–Kier alpha value is -3.50. The van der Waals surface area contributed by atoms with Crippen molar-refractivity contribution in [2.24, 2.45) is 0 Å². The maximum atomic E-state index is 16.2. The summed E-state index contributed by atoms with van der Waals surface area (Å²) in [6.07, 6.45) is 5.43. The van der Waals surface area contributed by atoms with E-state index in [1.807, 2.05) is 9.80 Å². The van der Waals surface area contributed by atoms with Crippen molar-refractivity contribution >= 4 is 34.2 Å². The lowest BCUT2D eigenvalue weighted by Gasteiger charge is -2.48. The molecule has 198 valence electrons. The van der Waals surface area contributed by atoms with Crippen molar-refractivity contribution in [1.82, 2.24) is 19.9 Å². The van der Waals surface area contributed by atoms with Gasteiger partial charge in [0.25, 0.3) is 0 Å². The van der Waals surface area contributed by atoms with Crippen molar-refractivity contribution in [3.05, 3.63) is 47.4 Å². The summed E-state index contributed by atoms with van der Waals surface area (Å²) in [6, 6.07) is 2.98. The molecule has 1 unspecified atom stereocenters. The lowest BCUT2D eigenvalue weighted by molar-refractivity contribution is -0.133. The number of fused-ring (bicyclic) bond motifs is 1. The van der Waals surface area contributed by atoms with E-state index in [-0.39, 0.29) is 34.8 Å². The second-order valence-corrected chi connectivity index (χ2v) is 10.4. The van der Waals surface area contributed by atoms with Gasteiger partial charge in [-0.1, -0.05) is 18.2 Å². The van der Waals surface area contributed by atoms with Gasteiger partial charge in [0.1, 0.15) is 22.8 Å². The average Bonchev–Trinajstić information content (AvgIpc) is 3.65. The van der Waals surface area contributed by atoms with E-state index in [4.69, 9.17) is 21.1 Å². The summed E-state index contributed by atoms with van der Waals surface area (Å²) in [5, 5.41) is 11.0. The molecule has 1 aromatic carbocycles. The number of anilines is 1. The Morgan fingerprint density at radius 1 is 1.34 bits per heavy atom. The molecule has 38 heavy (non-hydrogen) atoms. The molecule has 1 spiro atoms. The Bertz CT molecular complexity index is 1460. The van der Waals surface area contributed by atoms with Crippen LogP contribution in [-0.2, 0) is 9.53 Å². The maximum Gasteiger partial charge on any atom is 0.318 e. The van der Waals surface area contributed by atoms with Gasteiger partial charge in [-0.25, -0.2) is 4.39 Å². The topological polar surface area (TPSA) is 101 Å². The molecule has 2 aromatic heterocycles. The molecule has 2 aliphatic heterocycles. The van der Waals surface area contributed by atoms with Crippen LogP contribution in [0.25, 0.3) is 22.2 Å². The van der Waals surface area contributed by atoms with Crippen LogP contribution in [0.15, 0.2) is 31.0 Å². The lowest BCUT2D eigenvalue weighted by Crippen LogP contribution is -2.64. The predicted octanol–water partition coefficient (Wildman–Crippen LogP) is 4.07. The number of hydrogen-bond acceptors (Lipinski definition) is 8. The van der Waals surface area contributed by atoms with Crippen LogP contribution in [0.2, 0.25) is 5.02 Å².